The van der Waals surface area contributed by atoms with E-state index in [2.05, 4.69) is 22.7 Å². The van der Waals surface area contributed by atoms with Gasteiger partial charge in [-0.3, -0.25) is 15.0 Å². The molecule has 0 atom stereocenters. The van der Waals surface area contributed by atoms with E-state index < -0.39 is 5.91 Å². The molecule has 8 heteroatoms. The van der Waals surface area contributed by atoms with Crippen molar-refractivity contribution in [2.24, 2.45) is 0 Å². The van der Waals surface area contributed by atoms with Crippen LogP contribution >= 0.6 is 23.2 Å². The van der Waals surface area contributed by atoms with Gasteiger partial charge in [0.2, 0.25) is 5.91 Å². The number of carbonyl (C=O) groups is 2. The summed E-state index contributed by atoms with van der Waals surface area (Å²) in [7, 11) is 0. The zero-order chi connectivity index (χ0) is 19.8. The Morgan fingerprint density at radius 3 is 2.56 bits per heavy atom. The van der Waals surface area contributed by atoms with Crippen LogP contribution in [-0.2, 0) is 9.59 Å². The number of halogens is 2. The normalized spacial score (nSPS) is 10.0. The number of rotatable bonds is 8. The maximum atomic E-state index is 12.0. The lowest BCUT2D eigenvalue weighted by Gasteiger charge is -2.13. The maximum Gasteiger partial charge on any atom is 0.276 e. The van der Waals surface area contributed by atoms with Gasteiger partial charge < -0.3 is 15.5 Å². The Labute approximate surface area is 167 Å². The van der Waals surface area contributed by atoms with Gasteiger partial charge in [0.25, 0.3) is 5.91 Å². The molecule has 0 radical (unpaired) electrons. The van der Waals surface area contributed by atoms with E-state index in [4.69, 9.17) is 27.9 Å². The largest absolute Gasteiger partial charge is 0.483 e. The standard InChI is InChI=1S/C19H19Cl2N3O3/c1-12-5-3-4-6-17(12)27-11-19(26)24-23-13(2)9-18(25)22-16-10-14(20)7-8-15(16)21/h3-8,10,23H,2,9,11H2,1H3,(H,22,25)(H,24,26). The van der Waals surface area contributed by atoms with E-state index in [1.165, 1.54) is 0 Å². The van der Waals surface area contributed by atoms with E-state index in [0.29, 0.717) is 27.2 Å². The zero-order valence-corrected chi connectivity index (χ0v) is 16.2. The Morgan fingerprint density at radius 2 is 1.81 bits per heavy atom. The number of hydrogen-bond donors (Lipinski definition) is 3. The van der Waals surface area contributed by atoms with Gasteiger partial charge in [-0.05, 0) is 36.8 Å². The van der Waals surface area contributed by atoms with Gasteiger partial charge in [0.15, 0.2) is 6.61 Å². The fraction of sp³-hybridized carbons (Fsp3) is 0.158. The average Bonchev–Trinajstić information content (AvgIpc) is 2.62. The first-order valence-electron chi connectivity index (χ1n) is 8.01. The summed E-state index contributed by atoms with van der Waals surface area (Å²) in [6.07, 6.45) is -0.0677. The Morgan fingerprint density at radius 1 is 1.07 bits per heavy atom. The molecule has 0 saturated heterocycles. The molecule has 0 aliphatic heterocycles. The van der Waals surface area contributed by atoms with Crippen molar-refractivity contribution in [3.8, 4) is 5.75 Å². The molecule has 142 valence electrons. The van der Waals surface area contributed by atoms with Gasteiger partial charge in [-0.15, -0.1) is 0 Å². The van der Waals surface area contributed by atoms with Crippen molar-refractivity contribution in [1.29, 1.82) is 0 Å². The molecular formula is C19H19Cl2N3O3. The molecule has 0 saturated carbocycles. The lowest BCUT2D eigenvalue weighted by molar-refractivity contribution is -0.124. The molecule has 0 aliphatic carbocycles. The predicted octanol–water partition coefficient (Wildman–Crippen LogP) is 3.84. The minimum atomic E-state index is -0.405. The lowest BCUT2D eigenvalue weighted by atomic mass is 10.2. The van der Waals surface area contributed by atoms with Crippen LogP contribution in [0.4, 0.5) is 5.69 Å². The molecule has 3 N–H and O–H groups in total. The van der Waals surface area contributed by atoms with Crippen molar-refractivity contribution in [2.45, 2.75) is 13.3 Å². The van der Waals surface area contributed by atoms with Crippen LogP contribution in [0.15, 0.2) is 54.7 Å². The number of ether oxygens (including phenoxy) is 1. The maximum absolute atomic E-state index is 12.0. The molecule has 27 heavy (non-hydrogen) atoms. The van der Waals surface area contributed by atoms with E-state index >= 15 is 0 Å². The average molecular weight is 408 g/mol. The molecule has 2 aromatic carbocycles. The van der Waals surface area contributed by atoms with Crippen molar-refractivity contribution in [3.05, 3.63) is 70.3 Å². The van der Waals surface area contributed by atoms with E-state index in [9.17, 15) is 9.59 Å². The Bertz CT molecular complexity index is 856. The van der Waals surface area contributed by atoms with Gasteiger partial charge in [0.05, 0.1) is 17.1 Å². The molecule has 6 nitrogen and oxygen atoms in total. The molecule has 0 unspecified atom stereocenters. The van der Waals surface area contributed by atoms with Crippen LogP contribution in [-0.4, -0.2) is 18.4 Å². The van der Waals surface area contributed by atoms with E-state index in [1.54, 1.807) is 24.3 Å². The van der Waals surface area contributed by atoms with E-state index in [0.717, 1.165) is 5.56 Å². The van der Waals surface area contributed by atoms with Gasteiger partial charge >= 0.3 is 0 Å². The highest BCUT2D eigenvalue weighted by atomic mass is 35.5. The third-order valence-electron chi connectivity index (χ3n) is 3.41. The van der Waals surface area contributed by atoms with Gasteiger partial charge in [0.1, 0.15) is 5.75 Å². The van der Waals surface area contributed by atoms with Gasteiger partial charge in [-0.2, -0.15) is 0 Å². The summed E-state index contributed by atoms with van der Waals surface area (Å²) in [5.41, 5.74) is 6.63. The van der Waals surface area contributed by atoms with Gasteiger partial charge in [-0.1, -0.05) is 48.0 Å². The molecule has 0 fully saturated rings. The van der Waals surface area contributed by atoms with Crippen molar-refractivity contribution in [2.75, 3.05) is 11.9 Å². The number of aryl methyl sites for hydroxylation is 1. The van der Waals surface area contributed by atoms with Crippen LogP contribution in [0.3, 0.4) is 0 Å². The lowest BCUT2D eigenvalue weighted by Crippen LogP contribution is -2.40. The van der Waals surface area contributed by atoms with Crippen LogP contribution in [0.2, 0.25) is 10.0 Å². The molecule has 0 aromatic heterocycles. The summed E-state index contributed by atoms with van der Waals surface area (Å²) in [5, 5.41) is 3.45. The Hall–Kier alpha value is -2.70. The van der Waals surface area contributed by atoms with Crippen LogP contribution in [0, 0.1) is 6.92 Å². The van der Waals surface area contributed by atoms with Crippen molar-refractivity contribution in [3.63, 3.8) is 0 Å². The monoisotopic (exact) mass is 407 g/mol. The predicted molar refractivity (Wildman–Crippen MR) is 107 cm³/mol. The van der Waals surface area contributed by atoms with Crippen LogP contribution < -0.4 is 20.9 Å². The van der Waals surface area contributed by atoms with Crippen LogP contribution in [0.25, 0.3) is 0 Å². The number of amides is 2. The number of para-hydroxylation sites is 1. The molecule has 0 aliphatic rings. The summed E-state index contributed by atoms with van der Waals surface area (Å²) in [6, 6.07) is 12.1. The molecule has 0 heterocycles. The quantitative estimate of drug-likeness (QED) is 0.580. The molecule has 2 rings (SSSR count). The Balaban J connectivity index is 1.73. The summed E-state index contributed by atoms with van der Waals surface area (Å²) >= 11 is 11.9. The minimum absolute atomic E-state index is 0.0677. The SMILES string of the molecule is C=C(CC(=O)Nc1cc(Cl)ccc1Cl)NNC(=O)COc1ccccc1C. The number of anilines is 1. The zero-order valence-electron chi connectivity index (χ0n) is 14.6. The first-order chi connectivity index (χ1) is 12.8. The van der Waals surface area contributed by atoms with Gasteiger partial charge in [0, 0.05) is 10.7 Å². The highest BCUT2D eigenvalue weighted by Gasteiger charge is 2.10. The fourth-order valence-corrected chi connectivity index (χ4v) is 2.42. The second-order valence-electron chi connectivity index (χ2n) is 5.68. The van der Waals surface area contributed by atoms with E-state index in [1.807, 2.05) is 25.1 Å². The third-order valence-corrected chi connectivity index (χ3v) is 3.97. The second kappa shape index (κ2) is 9.85. The van der Waals surface area contributed by atoms with Crippen molar-refractivity contribution < 1.29 is 14.3 Å². The summed E-state index contributed by atoms with van der Waals surface area (Å²) in [6.45, 7) is 5.41. The van der Waals surface area contributed by atoms with Crippen molar-refractivity contribution in [1.82, 2.24) is 10.9 Å². The summed E-state index contributed by atoms with van der Waals surface area (Å²) in [5.74, 6) is -0.135. The second-order valence-corrected chi connectivity index (χ2v) is 6.52. The first-order valence-corrected chi connectivity index (χ1v) is 8.76. The topological polar surface area (TPSA) is 79.5 Å². The first kappa shape index (κ1) is 20.6. The van der Waals surface area contributed by atoms with Crippen LogP contribution in [0.5, 0.6) is 5.75 Å². The smallest absolute Gasteiger partial charge is 0.276 e. The summed E-state index contributed by atoms with van der Waals surface area (Å²) < 4.78 is 5.43. The molecule has 0 spiro atoms. The van der Waals surface area contributed by atoms with Crippen LogP contribution in [0.1, 0.15) is 12.0 Å². The molecule has 0 bridgehead atoms. The highest BCUT2D eigenvalue weighted by Crippen LogP contribution is 2.25. The molecular weight excluding hydrogens is 389 g/mol. The number of hydrogen-bond acceptors (Lipinski definition) is 4. The fourth-order valence-electron chi connectivity index (χ4n) is 2.08. The number of nitrogens with one attached hydrogen (secondary N) is 3. The van der Waals surface area contributed by atoms with Gasteiger partial charge in [-0.25, -0.2) is 0 Å². The van der Waals surface area contributed by atoms with E-state index in [-0.39, 0.29) is 18.9 Å². The molecule has 2 aromatic rings. The third kappa shape index (κ3) is 6.84. The minimum Gasteiger partial charge on any atom is -0.483 e. The highest BCUT2D eigenvalue weighted by molar-refractivity contribution is 6.35. The number of hydrazine groups is 1. The summed E-state index contributed by atoms with van der Waals surface area (Å²) in [4.78, 5) is 23.8. The Kier molecular flexibility index (Phi) is 7.52. The number of carbonyl (C=O) groups excluding carboxylic acids is 2. The number of benzene rings is 2. The van der Waals surface area contributed by atoms with Crippen molar-refractivity contribution >= 4 is 40.7 Å². The molecule has 2 amide bonds.